The lowest BCUT2D eigenvalue weighted by molar-refractivity contribution is 0.0600. The van der Waals surface area contributed by atoms with Crippen molar-refractivity contribution in [2.45, 2.75) is 6.42 Å². The molecule has 25 heavy (non-hydrogen) atoms. The van der Waals surface area contributed by atoms with Gasteiger partial charge in [0, 0.05) is 18.2 Å². The second-order valence-corrected chi connectivity index (χ2v) is 6.50. The first kappa shape index (κ1) is 15.6. The van der Waals surface area contributed by atoms with Crippen LogP contribution < -0.4 is 0 Å². The number of thiophene rings is 1. The molecule has 0 aliphatic heterocycles. The first-order valence-electron chi connectivity index (χ1n) is 7.92. The van der Waals surface area contributed by atoms with E-state index in [0.717, 1.165) is 29.0 Å². The number of fused-ring (bicyclic) bond motifs is 1. The highest BCUT2D eigenvalue weighted by Crippen LogP contribution is 2.27. The van der Waals surface area contributed by atoms with Gasteiger partial charge < -0.3 is 9.14 Å². The van der Waals surface area contributed by atoms with Crippen LogP contribution in [0.1, 0.15) is 21.6 Å². The van der Waals surface area contributed by atoms with Gasteiger partial charge in [-0.3, -0.25) is 0 Å². The Bertz CT molecular complexity index is 1020. The summed E-state index contributed by atoms with van der Waals surface area (Å²) in [5.41, 5.74) is 5.62. The normalized spacial score (nSPS) is 10.9. The quantitative estimate of drug-likeness (QED) is 0.512. The lowest BCUT2D eigenvalue weighted by Gasteiger charge is -2.06. The molecule has 0 radical (unpaired) electrons. The van der Waals surface area contributed by atoms with Crippen molar-refractivity contribution in [2.24, 2.45) is 0 Å². The monoisotopic (exact) mass is 348 g/mol. The maximum atomic E-state index is 11.9. The average molecular weight is 348 g/mol. The van der Waals surface area contributed by atoms with Crippen LogP contribution in [0.3, 0.4) is 0 Å². The van der Waals surface area contributed by atoms with E-state index in [2.05, 4.69) is 29.0 Å². The molecule has 0 amide bonds. The molecular formula is C20H16N2O2S. The molecule has 124 valence electrons. The van der Waals surface area contributed by atoms with Gasteiger partial charge in [-0.15, -0.1) is 0 Å². The Labute approximate surface area is 149 Å². The molecule has 0 bridgehead atoms. The van der Waals surface area contributed by atoms with Crippen LogP contribution >= 0.6 is 11.3 Å². The fraction of sp³-hybridized carbons (Fsp3) is 0.100. The molecule has 3 aromatic heterocycles. The van der Waals surface area contributed by atoms with Crippen LogP contribution in [0.15, 0.2) is 65.5 Å². The molecule has 4 aromatic rings. The minimum Gasteiger partial charge on any atom is -0.465 e. The van der Waals surface area contributed by atoms with E-state index in [1.165, 1.54) is 12.7 Å². The van der Waals surface area contributed by atoms with E-state index in [0.29, 0.717) is 5.56 Å². The molecule has 1 aromatic carbocycles. The molecule has 0 aliphatic carbocycles. The summed E-state index contributed by atoms with van der Waals surface area (Å²) in [6.45, 7) is 0. The molecule has 0 N–H and O–H groups in total. The summed E-state index contributed by atoms with van der Waals surface area (Å²) in [5, 5.41) is 4.21. The van der Waals surface area contributed by atoms with Gasteiger partial charge in [-0.2, -0.15) is 11.3 Å². The Morgan fingerprint density at radius 1 is 1.16 bits per heavy atom. The Kier molecular flexibility index (Phi) is 4.07. The van der Waals surface area contributed by atoms with Crippen molar-refractivity contribution in [1.29, 1.82) is 0 Å². The summed E-state index contributed by atoms with van der Waals surface area (Å²) in [6, 6.07) is 15.8. The maximum absolute atomic E-state index is 11.9. The molecule has 5 heteroatoms. The van der Waals surface area contributed by atoms with Crippen LogP contribution in [0, 0.1) is 0 Å². The zero-order valence-corrected chi connectivity index (χ0v) is 14.5. The summed E-state index contributed by atoms with van der Waals surface area (Å²) in [7, 11) is 1.39. The highest BCUT2D eigenvalue weighted by Gasteiger charge is 2.16. The van der Waals surface area contributed by atoms with Crippen molar-refractivity contribution in [1.82, 2.24) is 9.38 Å². The van der Waals surface area contributed by atoms with Gasteiger partial charge in [0.25, 0.3) is 0 Å². The van der Waals surface area contributed by atoms with Gasteiger partial charge in [-0.05, 0) is 34.5 Å². The SMILES string of the molecule is COC(=O)c1ccc2nc(-c3ccccc3)c(Cc3ccsc3)n2c1. The zero-order valence-electron chi connectivity index (χ0n) is 13.7. The first-order chi connectivity index (χ1) is 12.3. The van der Waals surface area contributed by atoms with Crippen molar-refractivity contribution in [3.63, 3.8) is 0 Å². The van der Waals surface area contributed by atoms with Gasteiger partial charge in [0.05, 0.1) is 24.1 Å². The molecule has 0 unspecified atom stereocenters. The molecule has 0 spiro atoms. The molecule has 3 heterocycles. The zero-order chi connectivity index (χ0) is 17.2. The molecule has 4 rings (SSSR count). The fourth-order valence-corrected chi connectivity index (χ4v) is 3.58. The number of aromatic nitrogens is 2. The summed E-state index contributed by atoms with van der Waals surface area (Å²) in [4.78, 5) is 16.7. The minimum absolute atomic E-state index is 0.349. The van der Waals surface area contributed by atoms with E-state index in [1.807, 2.05) is 34.9 Å². The Balaban J connectivity index is 1.92. The number of imidazole rings is 1. The van der Waals surface area contributed by atoms with Crippen LogP contribution in [-0.4, -0.2) is 22.5 Å². The standard InChI is InChI=1S/C20H16N2O2S/c1-24-20(23)16-7-8-18-21-19(15-5-3-2-4-6-15)17(22(18)12-16)11-14-9-10-25-13-14/h2-10,12-13H,11H2,1H3. The minimum atomic E-state index is -0.349. The molecule has 0 atom stereocenters. The Hall–Kier alpha value is -2.92. The number of nitrogens with zero attached hydrogens (tertiary/aromatic N) is 2. The van der Waals surface area contributed by atoms with Crippen LogP contribution in [0.4, 0.5) is 0 Å². The average Bonchev–Trinajstić information content (AvgIpc) is 3.30. The number of carbonyl (C=O) groups is 1. The Morgan fingerprint density at radius 3 is 2.72 bits per heavy atom. The summed E-state index contributed by atoms with van der Waals surface area (Å²) in [5.74, 6) is -0.349. The van der Waals surface area contributed by atoms with Gasteiger partial charge >= 0.3 is 5.97 Å². The van der Waals surface area contributed by atoms with E-state index in [4.69, 9.17) is 9.72 Å². The van der Waals surface area contributed by atoms with Crippen molar-refractivity contribution in [2.75, 3.05) is 7.11 Å². The second kappa shape index (κ2) is 6.53. The third-order valence-electron chi connectivity index (χ3n) is 4.14. The number of ether oxygens (including phenoxy) is 1. The Morgan fingerprint density at radius 2 is 2.00 bits per heavy atom. The molecule has 0 saturated heterocycles. The maximum Gasteiger partial charge on any atom is 0.339 e. The van der Waals surface area contributed by atoms with Crippen LogP contribution in [-0.2, 0) is 11.2 Å². The number of hydrogen-bond acceptors (Lipinski definition) is 4. The van der Waals surface area contributed by atoms with Crippen LogP contribution in [0.25, 0.3) is 16.9 Å². The van der Waals surface area contributed by atoms with E-state index < -0.39 is 0 Å². The van der Waals surface area contributed by atoms with Crippen LogP contribution in [0.5, 0.6) is 0 Å². The number of rotatable bonds is 4. The molecule has 0 aliphatic rings. The van der Waals surface area contributed by atoms with Gasteiger partial charge in [0.1, 0.15) is 5.65 Å². The van der Waals surface area contributed by atoms with Crippen LogP contribution in [0.2, 0.25) is 0 Å². The number of methoxy groups -OCH3 is 1. The first-order valence-corrected chi connectivity index (χ1v) is 8.86. The van der Waals surface area contributed by atoms with Crippen molar-refractivity contribution in [3.05, 3.63) is 82.3 Å². The smallest absolute Gasteiger partial charge is 0.339 e. The third-order valence-corrected chi connectivity index (χ3v) is 4.87. The number of hydrogen-bond donors (Lipinski definition) is 0. The lowest BCUT2D eigenvalue weighted by Crippen LogP contribution is -2.04. The molecular weight excluding hydrogens is 332 g/mol. The molecule has 0 fully saturated rings. The van der Waals surface area contributed by atoms with Gasteiger partial charge in [-0.1, -0.05) is 30.3 Å². The number of carbonyl (C=O) groups excluding carboxylic acids is 1. The van der Waals surface area contributed by atoms with Gasteiger partial charge in [0.2, 0.25) is 0 Å². The summed E-state index contributed by atoms with van der Waals surface area (Å²) >= 11 is 1.68. The van der Waals surface area contributed by atoms with Gasteiger partial charge in [-0.25, -0.2) is 9.78 Å². The number of benzene rings is 1. The fourth-order valence-electron chi connectivity index (χ4n) is 2.91. The lowest BCUT2D eigenvalue weighted by atomic mass is 10.1. The predicted octanol–water partition coefficient (Wildman–Crippen LogP) is 4.44. The summed E-state index contributed by atoms with van der Waals surface area (Å²) in [6.07, 6.45) is 2.56. The van der Waals surface area contributed by atoms with E-state index in [-0.39, 0.29) is 5.97 Å². The van der Waals surface area contributed by atoms with Crippen molar-refractivity contribution in [3.8, 4) is 11.3 Å². The number of pyridine rings is 1. The van der Waals surface area contributed by atoms with E-state index in [1.54, 1.807) is 17.4 Å². The second-order valence-electron chi connectivity index (χ2n) is 5.72. The summed E-state index contributed by atoms with van der Waals surface area (Å²) < 4.78 is 6.84. The van der Waals surface area contributed by atoms with Crippen molar-refractivity contribution >= 4 is 23.0 Å². The van der Waals surface area contributed by atoms with E-state index >= 15 is 0 Å². The highest BCUT2D eigenvalue weighted by atomic mass is 32.1. The highest BCUT2D eigenvalue weighted by molar-refractivity contribution is 7.07. The third kappa shape index (κ3) is 2.94. The van der Waals surface area contributed by atoms with Crippen molar-refractivity contribution < 1.29 is 9.53 Å². The predicted molar refractivity (Wildman–Crippen MR) is 99.1 cm³/mol. The topological polar surface area (TPSA) is 43.6 Å². The largest absolute Gasteiger partial charge is 0.465 e. The van der Waals surface area contributed by atoms with E-state index in [9.17, 15) is 4.79 Å². The molecule has 0 saturated carbocycles. The van der Waals surface area contributed by atoms with Gasteiger partial charge in [0.15, 0.2) is 0 Å². The number of esters is 1. The molecule has 4 nitrogen and oxygen atoms in total.